The van der Waals surface area contributed by atoms with E-state index in [1.54, 1.807) is 0 Å². The topological polar surface area (TPSA) is 66.2 Å². The van der Waals surface area contributed by atoms with Crippen LogP contribution in [0.5, 0.6) is 0 Å². The van der Waals surface area contributed by atoms with Crippen molar-refractivity contribution in [1.82, 2.24) is 10.2 Å². The minimum Gasteiger partial charge on any atom is -0.393 e. The van der Waals surface area contributed by atoms with Gasteiger partial charge >= 0.3 is 0 Å². The summed E-state index contributed by atoms with van der Waals surface area (Å²) in [6.07, 6.45) is 18.0. The quantitative estimate of drug-likeness (QED) is 0.385. The van der Waals surface area contributed by atoms with E-state index in [1.807, 2.05) is 11.3 Å². The first-order valence-corrected chi connectivity index (χ1v) is 17.3. The van der Waals surface area contributed by atoms with Gasteiger partial charge in [-0.1, -0.05) is 53.4 Å². The molecular weight excluding hydrogens is 488 g/mol. The number of aromatic nitrogens is 2. The molecule has 5 aliphatic rings. The van der Waals surface area contributed by atoms with Gasteiger partial charge in [0.15, 0.2) is 0 Å². The van der Waals surface area contributed by atoms with E-state index in [9.17, 15) is 10.2 Å². The van der Waals surface area contributed by atoms with Crippen LogP contribution in [0.4, 0.5) is 0 Å². The number of nitrogens with zero attached hydrogens (tertiary/aromatic N) is 2. The summed E-state index contributed by atoms with van der Waals surface area (Å²) in [5, 5.41) is 34.3. The highest BCUT2D eigenvalue weighted by atomic mass is 32.1. The van der Waals surface area contributed by atoms with Gasteiger partial charge in [-0.2, -0.15) is 0 Å². The average molecular weight is 543 g/mol. The molecule has 214 valence electrons. The molecular formula is C33H54N2O2S. The molecule has 0 radical (unpaired) electrons. The maximum Gasteiger partial charge on any atom is 0.120 e. The van der Waals surface area contributed by atoms with Crippen LogP contribution in [0.1, 0.15) is 134 Å². The Morgan fingerprint density at radius 3 is 2.39 bits per heavy atom. The summed E-state index contributed by atoms with van der Waals surface area (Å²) in [6.45, 7) is 9.96. The number of rotatable bonds is 6. The zero-order valence-electron chi connectivity index (χ0n) is 24.6. The van der Waals surface area contributed by atoms with Gasteiger partial charge < -0.3 is 10.2 Å². The minimum absolute atomic E-state index is 0.164. The highest BCUT2D eigenvalue weighted by Crippen LogP contribution is 2.69. The Hall–Kier alpha value is -0.520. The fraction of sp³-hybridized carbons (Fsp3) is 0.939. The molecule has 5 heteroatoms. The van der Waals surface area contributed by atoms with Crippen molar-refractivity contribution in [3.05, 3.63) is 10.0 Å². The van der Waals surface area contributed by atoms with Crippen molar-refractivity contribution in [3.63, 3.8) is 0 Å². The molecule has 1 aromatic heterocycles. The van der Waals surface area contributed by atoms with E-state index in [-0.39, 0.29) is 12.2 Å². The third kappa shape index (κ3) is 4.53. The van der Waals surface area contributed by atoms with Crippen LogP contribution >= 0.6 is 11.3 Å². The first-order valence-electron chi connectivity index (χ1n) is 16.4. The summed E-state index contributed by atoms with van der Waals surface area (Å²) in [4.78, 5) is 0. The first kappa shape index (κ1) is 27.6. The smallest absolute Gasteiger partial charge is 0.120 e. The SMILES string of the molecule is CC[C@H]1[C@@H](O)[C@@H]2[C@H](CC[C@]3(C)[C@@H]([C@H](C)CCc4nnc(C5CCCCC5)s4)CC[C@@H]23)[C@@]2(C)CC[C@@H](O)C[C@@H]12. The van der Waals surface area contributed by atoms with E-state index in [4.69, 9.17) is 0 Å². The first-order chi connectivity index (χ1) is 18.3. The van der Waals surface area contributed by atoms with Gasteiger partial charge in [0.2, 0.25) is 0 Å². The van der Waals surface area contributed by atoms with E-state index in [0.717, 1.165) is 38.0 Å². The van der Waals surface area contributed by atoms with Gasteiger partial charge in [-0.15, -0.1) is 21.5 Å². The van der Waals surface area contributed by atoms with Crippen molar-refractivity contribution in [2.75, 3.05) is 0 Å². The van der Waals surface area contributed by atoms with Gasteiger partial charge in [-0.25, -0.2) is 0 Å². The van der Waals surface area contributed by atoms with Crippen LogP contribution in [-0.4, -0.2) is 32.6 Å². The van der Waals surface area contributed by atoms with Gasteiger partial charge in [0.05, 0.1) is 12.2 Å². The van der Waals surface area contributed by atoms with Crippen molar-refractivity contribution >= 4 is 11.3 Å². The molecule has 5 saturated carbocycles. The van der Waals surface area contributed by atoms with Crippen molar-refractivity contribution in [2.45, 2.75) is 142 Å². The van der Waals surface area contributed by atoms with Crippen molar-refractivity contribution < 1.29 is 10.2 Å². The predicted molar refractivity (Wildman–Crippen MR) is 155 cm³/mol. The second-order valence-corrected chi connectivity index (χ2v) is 16.1. The monoisotopic (exact) mass is 542 g/mol. The Balaban J connectivity index is 1.15. The Morgan fingerprint density at radius 1 is 0.895 bits per heavy atom. The molecule has 11 atom stereocenters. The molecule has 1 heterocycles. The van der Waals surface area contributed by atoms with Crippen LogP contribution in [-0.2, 0) is 6.42 Å². The zero-order chi connectivity index (χ0) is 26.7. The van der Waals surface area contributed by atoms with Crippen LogP contribution in [0.3, 0.4) is 0 Å². The molecule has 0 bridgehead atoms. The molecule has 0 amide bonds. The fourth-order valence-corrected chi connectivity index (χ4v) is 12.4. The lowest BCUT2D eigenvalue weighted by Crippen LogP contribution is -2.62. The van der Waals surface area contributed by atoms with Crippen LogP contribution in [0, 0.1) is 52.3 Å². The molecule has 2 N–H and O–H groups in total. The molecule has 0 aromatic carbocycles. The molecule has 0 aliphatic heterocycles. The Bertz CT molecular complexity index is 961. The van der Waals surface area contributed by atoms with Crippen LogP contribution in [0.2, 0.25) is 0 Å². The lowest BCUT2D eigenvalue weighted by molar-refractivity contribution is -0.203. The van der Waals surface area contributed by atoms with E-state index in [1.165, 1.54) is 74.2 Å². The molecule has 0 saturated heterocycles. The molecule has 1 aromatic rings. The standard InChI is InChI=1S/C33H54N2O2S/c1-5-23-27-19-22(36)15-17-33(27,4)26-16-18-32(3)24(12-13-25(32)29(26)30(23)37)20(2)11-14-28-34-35-31(38-28)21-9-7-6-8-10-21/h20-27,29-30,36-37H,5-19H2,1-4H3/t20-,22-,23-,24-,25+,26+,27+,29+,30-,32-,33-/m1/s1. The number of fused-ring (bicyclic) bond motifs is 5. The third-order valence-corrected chi connectivity index (χ3v) is 14.5. The normalized spacial score (nSPS) is 46.3. The van der Waals surface area contributed by atoms with Crippen molar-refractivity contribution in [1.29, 1.82) is 0 Å². The molecule has 38 heavy (non-hydrogen) atoms. The van der Waals surface area contributed by atoms with Gasteiger partial charge in [0.1, 0.15) is 10.0 Å². The summed E-state index contributed by atoms with van der Waals surface area (Å²) in [5.74, 6) is 4.69. The summed E-state index contributed by atoms with van der Waals surface area (Å²) < 4.78 is 0. The molecule has 5 aliphatic carbocycles. The van der Waals surface area contributed by atoms with Crippen LogP contribution < -0.4 is 0 Å². The van der Waals surface area contributed by atoms with Crippen LogP contribution in [0.25, 0.3) is 0 Å². The van der Waals surface area contributed by atoms with Crippen LogP contribution in [0.15, 0.2) is 0 Å². The lowest BCUT2D eigenvalue weighted by Gasteiger charge is -2.64. The fourth-order valence-electron chi connectivity index (χ4n) is 11.4. The van der Waals surface area contributed by atoms with E-state index >= 15 is 0 Å². The minimum atomic E-state index is -0.188. The third-order valence-electron chi connectivity index (χ3n) is 13.4. The number of aliphatic hydroxyl groups is 2. The summed E-state index contributed by atoms with van der Waals surface area (Å²) in [5.41, 5.74) is 0.647. The Morgan fingerprint density at radius 2 is 1.63 bits per heavy atom. The van der Waals surface area contributed by atoms with E-state index in [0.29, 0.717) is 52.3 Å². The molecule has 5 fully saturated rings. The largest absolute Gasteiger partial charge is 0.393 e. The maximum atomic E-state index is 12.0. The van der Waals surface area contributed by atoms with E-state index in [2.05, 4.69) is 37.9 Å². The summed E-state index contributed by atoms with van der Waals surface area (Å²) in [7, 11) is 0. The second kappa shape index (κ2) is 10.7. The number of hydrogen-bond acceptors (Lipinski definition) is 5. The molecule has 0 spiro atoms. The molecule has 0 unspecified atom stereocenters. The van der Waals surface area contributed by atoms with Crippen molar-refractivity contribution in [2.24, 2.45) is 52.3 Å². The van der Waals surface area contributed by atoms with Gasteiger partial charge in [0.25, 0.3) is 0 Å². The Labute approximate surface area is 235 Å². The number of aliphatic hydroxyl groups excluding tert-OH is 2. The van der Waals surface area contributed by atoms with Gasteiger partial charge in [-0.3, -0.25) is 0 Å². The number of hydrogen-bond donors (Lipinski definition) is 2. The van der Waals surface area contributed by atoms with Crippen molar-refractivity contribution in [3.8, 4) is 0 Å². The second-order valence-electron chi connectivity index (χ2n) is 15.0. The lowest BCUT2D eigenvalue weighted by atomic mass is 9.41. The Kier molecular flexibility index (Phi) is 7.79. The van der Waals surface area contributed by atoms with Gasteiger partial charge in [-0.05, 0) is 116 Å². The highest BCUT2D eigenvalue weighted by Gasteiger charge is 2.64. The maximum absolute atomic E-state index is 12.0. The average Bonchev–Trinajstić information content (AvgIpc) is 3.53. The van der Waals surface area contributed by atoms with E-state index < -0.39 is 0 Å². The zero-order valence-corrected chi connectivity index (χ0v) is 25.4. The summed E-state index contributed by atoms with van der Waals surface area (Å²) in [6, 6.07) is 0. The predicted octanol–water partition coefficient (Wildman–Crippen LogP) is 7.78. The molecule has 4 nitrogen and oxygen atoms in total. The number of aryl methyl sites for hydroxylation is 1. The summed E-state index contributed by atoms with van der Waals surface area (Å²) >= 11 is 1.90. The highest BCUT2D eigenvalue weighted by molar-refractivity contribution is 7.11. The van der Waals surface area contributed by atoms with Gasteiger partial charge in [0, 0.05) is 12.3 Å². The molecule has 6 rings (SSSR count).